The Morgan fingerprint density at radius 2 is 2.16 bits per heavy atom. The van der Waals surface area contributed by atoms with E-state index in [1.807, 2.05) is 18.2 Å². The first-order chi connectivity index (χ1) is 9.17. The maximum absolute atomic E-state index is 5.87. The van der Waals surface area contributed by atoms with E-state index >= 15 is 0 Å². The van der Waals surface area contributed by atoms with Gasteiger partial charge in [0.2, 0.25) is 0 Å². The van der Waals surface area contributed by atoms with Crippen molar-refractivity contribution in [1.82, 2.24) is 9.97 Å². The number of rotatable bonds is 4. The Hall–Kier alpha value is -1.84. The molecule has 100 valence electrons. The molecule has 0 aliphatic heterocycles. The van der Waals surface area contributed by atoms with Gasteiger partial charge in [-0.3, -0.25) is 0 Å². The second kappa shape index (κ2) is 4.68. The lowest BCUT2D eigenvalue weighted by Crippen LogP contribution is -1.99. The standard InChI is InChI=1S/C15H19N3O/c1-3-4-10-8-14(16)18-15(17-10)13-6-5-12(19-13)11-7-9(11)2/h5-6,8-9,11H,3-4,7H2,1-2H3,(H2,16,17,18). The first-order valence-corrected chi connectivity index (χ1v) is 6.91. The van der Waals surface area contributed by atoms with Crippen LogP contribution in [0.15, 0.2) is 22.6 Å². The maximum atomic E-state index is 5.87. The predicted molar refractivity (Wildman–Crippen MR) is 74.7 cm³/mol. The van der Waals surface area contributed by atoms with E-state index in [-0.39, 0.29) is 0 Å². The van der Waals surface area contributed by atoms with Crippen molar-refractivity contribution in [3.8, 4) is 11.6 Å². The molecule has 0 aromatic carbocycles. The topological polar surface area (TPSA) is 64.9 Å². The summed E-state index contributed by atoms with van der Waals surface area (Å²) in [4.78, 5) is 8.79. The van der Waals surface area contributed by atoms with Gasteiger partial charge in [0, 0.05) is 17.7 Å². The molecule has 1 aliphatic carbocycles. The molecular formula is C15H19N3O. The molecule has 2 heterocycles. The number of hydrogen-bond acceptors (Lipinski definition) is 4. The van der Waals surface area contributed by atoms with Crippen molar-refractivity contribution in [2.75, 3.05) is 5.73 Å². The lowest BCUT2D eigenvalue weighted by atomic mass is 10.2. The van der Waals surface area contributed by atoms with Gasteiger partial charge in [0.15, 0.2) is 11.6 Å². The minimum absolute atomic E-state index is 0.506. The van der Waals surface area contributed by atoms with Crippen LogP contribution in [-0.2, 0) is 6.42 Å². The van der Waals surface area contributed by atoms with E-state index in [1.54, 1.807) is 0 Å². The normalized spacial score (nSPS) is 21.6. The molecule has 0 bridgehead atoms. The molecule has 19 heavy (non-hydrogen) atoms. The van der Waals surface area contributed by atoms with Gasteiger partial charge in [0.25, 0.3) is 0 Å². The van der Waals surface area contributed by atoms with Gasteiger partial charge in [-0.1, -0.05) is 20.3 Å². The Kier molecular flexibility index (Phi) is 3.01. The van der Waals surface area contributed by atoms with Crippen LogP contribution in [0.1, 0.15) is 44.1 Å². The second-order valence-corrected chi connectivity index (χ2v) is 5.38. The number of hydrogen-bond donors (Lipinski definition) is 1. The summed E-state index contributed by atoms with van der Waals surface area (Å²) in [6, 6.07) is 5.82. The monoisotopic (exact) mass is 257 g/mol. The summed E-state index contributed by atoms with van der Waals surface area (Å²) < 4.78 is 5.87. The van der Waals surface area contributed by atoms with Crippen LogP contribution in [-0.4, -0.2) is 9.97 Å². The molecule has 0 saturated heterocycles. The van der Waals surface area contributed by atoms with E-state index in [1.165, 1.54) is 6.42 Å². The molecule has 3 rings (SSSR count). The molecule has 1 saturated carbocycles. The fourth-order valence-electron chi connectivity index (χ4n) is 2.40. The minimum Gasteiger partial charge on any atom is -0.457 e. The van der Waals surface area contributed by atoms with E-state index in [4.69, 9.17) is 10.2 Å². The first kappa shape index (κ1) is 12.2. The highest BCUT2D eigenvalue weighted by molar-refractivity contribution is 5.51. The largest absolute Gasteiger partial charge is 0.457 e. The summed E-state index contributed by atoms with van der Waals surface area (Å²) in [5.74, 6) is 4.18. The molecule has 2 aromatic heterocycles. The molecule has 2 aromatic rings. The summed E-state index contributed by atoms with van der Waals surface area (Å²) >= 11 is 0. The van der Waals surface area contributed by atoms with Crippen LogP contribution in [0.25, 0.3) is 11.6 Å². The van der Waals surface area contributed by atoms with Crippen LogP contribution < -0.4 is 5.73 Å². The number of nitrogens with zero attached hydrogens (tertiary/aromatic N) is 2. The average Bonchev–Trinajstić information content (AvgIpc) is 2.91. The molecule has 4 heteroatoms. The molecule has 0 amide bonds. The van der Waals surface area contributed by atoms with Crippen LogP contribution in [0.2, 0.25) is 0 Å². The van der Waals surface area contributed by atoms with Gasteiger partial charge in [-0.15, -0.1) is 0 Å². The molecule has 1 fully saturated rings. The van der Waals surface area contributed by atoms with Crippen molar-refractivity contribution in [3.05, 3.63) is 29.7 Å². The Labute approximate surface area is 113 Å². The van der Waals surface area contributed by atoms with E-state index in [2.05, 4.69) is 23.8 Å². The van der Waals surface area contributed by atoms with E-state index in [0.29, 0.717) is 17.6 Å². The Morgan fingerprint density at radius 3 is 2.84 bits per heavy atom. The van der Waals surface area contributed by atoms with Crippen LogP contribution >= 0.6 is 0 Å². The number of anilines is 1. The predicted octanol–water partition coefficient (Wildman–Crippen LogP) is 3.39. The number of furan rings is 1. The molecular weight excluding hydrogens is 238 g/mol. The zero-order valence-corrected chi connectivity index (χ0v) is 11.4. The summed E-state index contributed by atoms with van der Waals surface area (Å²) in [5.41, 5.74) is 6.81. The highest BCUT2D eigenvalue weighted by Crippen LogP contribution is 2.47. The third-order valence-corrected chi connectivity index (χ3v) is 3.63. The zero-order chi connectivity index (χ0) is 13.4. The van der Waals surface area contributed by atoms with E-state index in [9.17, 15) is 0 Å². The molecule has 2 atom stereocenters. The van der Waals surface area contributed by atoms with E-state index < -0.39 is 0 Å². The molecule has 4 nitrogen and oxygen atoms in total. The number of nitrogen functional groups attached to an aromatic ring is 1. The molecule has 1 aliphatic rings. The summed E-state index contributed by atoms with van der Waals surface area (Å²) in [7, 11) is 0. The second-order valence-electron chi connectivity index (χ2n) is 5.38. The zero-order valence-electron chi connectivity index (χ0n) is 11.4. The van der Waals surface area contributed by atoms with Crippen molar-refractivity contribution >= 4 is 5.82 Å². The van der Waals surface area contributed by atoms with Crippen molar-refractivity contribution in [2.24, 2.45) is 5.92 Å². The van der Waals surface area contributed by atoms with Gasteiger partial charge in [-0.25, -0.2) is 9.97 Å². The van der Waals surface area contributed by atoms with Crippen LogP contribution in [0.4, 0.5) is 5.82 Å². The van der Waals surface area contributed by atoms with Gasteiger partial charge >= 0.3 is 0 Å². The number of aryl methyl sites for hydroxylation is 1. The Bertz CT molecular complexity index is 591. The van der Waals surface area contributed by atoms with Crippen molar-refractivity contribution < 1.29 is 4.42 Å². The van der Waals surface area contributed by atoms with Crippen LogP contribution in [0, 0.1) is 5.92 Å². The fraction of sp³-hybridized carbons (Fsp3) is 0.467. The van der Waals surface area contributed by atoms with Crippen molar-refractivity contribution in [3.63, 3.8) is 0 Å². The lowest BCUT2D eigenvalue weighted by molar-refractivity contribution is 0.514. The number of nitrogens with two attached hydrogens (primary N) is 1. The Balaban J connectivity index is 1.90. The highest BCUT2D eigenvalue weighted by Gasteiger charge is 2.36. The lowest BCUT2D eigenvalue weighted by Gasteiger charge is -2.03. The van der Waals surface area contributed by atoms with Gasteiger partial charge in [-0.2, -0.15) is 0 Å². The van der Waals surface area contributed by atoms with E-state index in [0.717, 1.165) is 36.0 Å². The quantitative estimate of drug-likeness (QED) is 0.911. The highest BCUT2D eigenvalue weighted by atomic mass is 16.3. The third-order valence-electron chi connectivity index (χ3n) is 3.63. The Morgan fingerprint density at radius 1 is 1.37 bits per heavy atom. The maximum Gasteiger partial charge on any atom is 0.197 e. The molecule has 2 unspecified atom stereocenters. The summed E-state index contributed by atoms with van der Waals surface area (Å²) in [6.07, 6.45) is 3.16. The minimum atomic E-state index is 0.506. The van der Waals surface area contributed by atoms with Gasteiger partial charge in [0.1, 0.15) is 11.6 Å². The van der Waals surface area contributed by atoms with Gasteiger partial charge in [0.05, 0.1) is 0 Å². The third kappa shape index (κ3) is 2.48. The van der Waals surface area contributed by atoms with Crippen LogP contribution in [0.3, 0.4) is 0 Å². The smallest absolute Gasteiger partial charge is 0.197 e. The van der Waals surface area contributed by atoms with Gasteiger partial charge < -0.3 is 10.2 Å². The number of aromatic nitrogens is 2. The SMILES string of the molecule is CCCc1cc(N)nc(-c2ccc(C3CC3C)o2)n1. The van der Waals surface area contributed by atoms with Gasteiger partial charge in [-0.05, 0) is 30.9 Å². The summed E-state index contributed by atoms with van der Waals surface area (Å²) in [6.45, 7) is 4.36. The first-order valence-electron chi connectivity index (χ1n) is 6.91. The van der Waals surface area contributed by atoms with Crippen LogP contribution in [0.5, 0.6) is 0 Å². The molecule has 0 radical (unpaired) electrons. The fourth-order valence-corrected chi connectivity index (χ4v) is 2.40. The molecule has 0 spiro atoms. The molecule has 2 N–H and O–H groups in total. The average molecular weight is 257 g/mol. The summed E-state index contributed by atoms with van der Waals surface area (Å²) in [5, 5.41) is 0. The van der Waals surface area contributed by atoms with Crippen molar-refractivity contribution in [2.45, 2.75) is 39.0 Å². The van der Waals surface area contributed by atoms with Crippen molar-refractivity contribution in [1.29, 1.82) is 0 Å².